The molecule has 0 amide bonds. The molecule has 5 aromatic rings. The predicted molar refractivity (Wildman–Crippen MR) is 197 cm³/mol. The van der Waals surface area contributed by atoms with E-state index in [1.165, 1.54) is 27.1 Å². The van der Waals surface area contributed by atoms with Gasteiger partial charge in [0.25, 0.3) is 0 Å². The zero-order valence-corrected chi connectivity index (χ0v) is 25.6. The molecule has 0 N–H and O–H groups in total. The average Bonchev–Trinajstić information content (AvgIpc) is 3.06. The van der Waals surface area contributed by atoms with Gasteiger partial charge in [-0.2, -0.15) is 0 Å². The molecule has 5 rings (SSSR count). The summed E-state index contributed by atoms with van der Waals surface area (Å²) in [5.74, 6) is 0. The topological polar surface area (TPSA) is 12.4 Å². The molecule has 1 nitrogen and oxygen atoms in total. The molecule has 0 aliphatic rings. The number of fused-ring (bicyclic) bond motifs is 3. The van der Waals surface area contributed by atoms with Gasteiger partial charge in [-0.25, -0.2) is 0 Å². The summed E-state index contributed by atoms with van der Waals surface area (Å²) in [6.45, 7) is 20.8. The molecule has 0 atom stereocenters. The average molecular weight is 568 g/mol. The Bertz CT molecular complexity index is 2030. The monoisotopic (exact) mass is 567 g/mol. The quantitative estimate of drug-likeness (QED) is 0.0904. The molecule has 0 radical (unpaired) electrons. The van der Waals surface area contributed by atoms with Crippen LogP contribution in [0, 0.1) is 0 Å². The molecular formula is C43H37N. The standard InChI is InChI=1S/C43H37N/c1-7-11-18-32(9-3)42-38-21-14-16-23-40(38)43(41-24-17-15-22-39(41)42)36(30(5)8-2)27-28-37(31(6)44-10-4)35-26-25-33-19-12-13-20-34(33)29-35/h7-29H,1-2,5-6H2,3-4H3/b18-11-,32-9+,36-27+,37-28+,44-10-. The van der Waals surface area contributed by atoms with Crippen molar-refractivity contribution >= 4 is 55.3 Å². The highest BCUT2D eigenvalue weighted by molar-refractivity contribution is 6.18. The van der Waals surface area contributed by atoms with E-state index in [4.69, 9.17) is 0 Å². The lowest BCUT2D eigenvalue weighted by molar-refractivity contribution is 1.44. The molecule has 0 unspecified atom stereocenters. The van der Waals surface area contributed by atoms with Gasteiger partial charge in [-0.15, -0.1) is 0 Å². The second kappa shape index (κ2) is 13.6. The maximum absolute atomic E-state index is 4.58. The summed E-state index contributed by atoms with van der Waals surface area (Å²) < 4.78 is 0. The van der Waals surface area contributed by atoms with Crippen molar-refractivity contribution in [1.82, 2.24) is 0 Å². The maximum atomic E-state index is 4.58. The molecule has 0 aliphatic carbocycles. The molecule has 0 fully saturated rings. The van der Waals surface area contributed by atoms with Gasteiger partial charge in [0.15, 0.2) is 0 Å². The summed E-state index contributed by atoms with van der Waals surface area (Å²) in [4.78, 5) is 4.58. The SMILES string of the molecule is C=C/C=C\C(=C/C)c1c2ccccc2c(/C(=C/C=C(\C(=C)/N=C\C)c2ccc3ccccc3c2)C(=C)C=C)c2ccccc12. The van der Waals surface area contributed by atoms with Crippen LogP contribution in [0.25, 0.3) is 49.0 Å². The second-order valence-electron chi connectivity index (χ2n) is 10.5. The fourth-order valence-electron chi connectivity index (χ4n) is 5.79. The van der Waals surface area contributed by atoms with Crippen LogP contribution < -0.4 is 0 Å². The Kier molecular flexibility index (Phi) is 9.28. The first-order valence-electron chi connectivity index (χ1n) is 14.8. The van der Waals surface area contributed by atoms with E-state index in [2.05, 4.69) is 154 Å². The fraction of sp³-hybridized carbons (Fsp3) is 0.0465. The Labute approximate surface area is 261 Å². The first-order chi connectivity index (χ1) is 21.5. The number of nitrogens with zero attached hydrogens (tertiary/aromatic N) is 1. The molecule has 0 heterocycles. The van der Waals surface area contributed by atoms with Gasteiger partial charge in [0.1, 0.15) is 0 Å². The number of allylic oxidation sites excluding steroid dienone is 11. The summed E-state index contributed by atoms with van der Waals surface area (Å²) in [5, 5.41) is 6.99. The zero-order valence-electron chi connectivity index (χ0n) is 25.6. The van der Waals surface area contributed by atoms with Crippen molar-refractivity contribution in [3.8, 4) is 0 Å². The lowest BCUT2D eigenvalue weighted by atomic mass is 9.83. The van der Waals surface area contributed by atoms with E-state index in [-0.39, 0.29) is 0 Å². The summed E-state index contributed by atoms with van der Waals surface area (Å²) >= 11 is 0. The Hall–Kier alpha value is -5.53. The maximum Gasteiger partial charge on any atom is 0.0632 e. The van der Waals surface area contributed by atoms with Gasteiger partial charge in [-0.3, -0.25) is 4.99 Å². The predicted octanol–water partition coefficient (Wildman–Crippen LogP) is 12.1. The second-order valence-corrected chi connectivity index (χ2v) is 10.5. The van der Waals surface area contributed by atoms with E-state index in [1.54, 1.807) is 6.21 Å². The van der Waals surface area contributed by atoms with Gasteiger partial charge in [-0.05, 0) is 85.6 Å². The number of aliphatic imine (C=N–C) groups is 1. The number of benzene rings is 5. The molecule has 0 aromatic heterocycles. The minimum absolute atomic E-state index is 0.694. The first kappa shape index (κ1) is 29.9. The van der Waals surface area contributed by atoms with Crippen molar-refractivity contribution in [2.75, 3.05) is 0 Å². The van der Waals surface area contributed by atoms with Gasteiger partial charge in [0.05, 0.1) is 5.70 Å². The van der Waals surface area contributed by atoms with E-state index in [0.29, 0.717) is 5.70 Å². The van der Waals surface area contributed by atoms with Crippen LogP contribution in [0.5, 0.6) is 0 Å². The molecule has 0 aliphatic heterocycles. The Morgan fingerprint density at radius 3 is 1.80 bits per heavy atom. The van der Waals surface area contributed by atoms with E-state index in [0.717, 1.165) is 44.2 Å². The van der Waals surface area contributed by atoms with Crippen LogP contribution in [0.3, 0.4) is 0 Å². The van der Waals surface area contributed by atoms with Crippen LogP contribution >= 0.6 is 0 Å². The summed E-state index contributed by atoms with van der Waals surface area (Å²) in [6.07, 6.45) is 16.0. The number of rotatable bonds is 10. The van der Waals surface area contributed by atoms with Gasteiger partial charge in [-0.1, -0.05) is 154 Å². The van der Waals surface area contributed by atoms with Crippen LogP contribution in [0.1, 0.15) is 30.5 Å². The molecule has 5 aromatic carbocycles. The largest absolute Gasteiger partial charge is 0.262 e. The molecule has 214 valence electrons. The van der Waals surface area contributed by atoms with Crippen LogP contribution in [-0.2, 0) is 0 Å². The van der Waals surface area contributed by atoms with Crippen LogP contribution in [0.4, 0.5) is 0 Å². The van der Waals surface area contributed by atoms with E-state index >= 15 is 0 Å². The molecular weight excluding hydrogens is 530 g/mol. The normalized spacial score (nSPS) is 12.9. The van der Waals surface area contributed by atoms with E-state index in [9.17, 15) is 0 Å². The number of hydrogen-bond donors (Lipinski definition) is 0. The van der Waals surface area contributed by atoms with Crippen molar-refractivity contribution in [3.63, 3.8) is 0 Å². The van der Waals surface area contributed by atoms with Crippen molar-refractivity contribution in [2.24, 2.45) is 4.99 Å². The highest BCUT2D eigenvalue weighted by Gasteiger charge is 2.18. The molecule has 0 saturated heterocycles. The van der Waals surface area contributed by atoms with Crippen LogP contribution in [0.2, 0.25) is 0 Å². The summed E-state index contributed by atoms with van der Waals surface area (Å²) in [6, 6.07) is 32.1. The Balaban J connectivity index is 1.85. The highest BCUT2D eigenvalue weighted by Crippen LogP contribution is 2.42. The third kappa shape index (κ3) is 5.86. The third-order valence-electron chi connectivity index (χ3n) is 7.88. The molecule has 0 spiro atoms. The van der Waals surface area contributed by atoms with Crippen molar-refractivity contribution in [2.45, 2.75) is 13.8 Å². The van der Waals surface area contributed by atoms with Gasteiger partial charge in [0.2, 0.25) is 0 Å². The van der Waals surface area contributed by atoms with Crippen molar-refractivity contribution in [1.29, 1.82) is 0 Å². The van der Waals surface area contributed by atoms with Gasteiger partial charge >= 0.3 is 0 Å². The lowest BCUT2D eigenvalue weighted by Gasteiger charge is -2.20. The minimum atomic E-state index is 0.694. The minimum Gasteiger partial charge on any atom is -0.262 e. The Morgan fingerprint density at radius 1 is 0.659 bits per heavy atom. The van der Waals surface area contributed by atoms with Gasteiger partial charge < -0.3 is 0 Å². The number of hydrogen-bond acceptors (Lipinski definition) is 1. The summed E-state index contributed by atoms with van der Waals surface area (Å²) in [7, 11) is 0. The van der Waals surface area contributed by atoms with Crippen LogP contribution in [-0.4, -0.2) is 6.21 Å². The molecule has 1 heteroatoms. The van der Waals surface area contributed by atoms with Crippen molar-refractivity contribution < 1.29 is 0 Å². The zero-order chi connectivity index (χ0) is 31.1. The summed E-state index contributed by atoms with van der Waals surface area (Å²) in [5.41, 5.74) is 7.98. The van der Waals surface area contributed by atoms with Crippen LogP contribution in [0.15, 0.2) is 176 Å². The molecule has 0 saturated carbocycles. The third-order valence-corrected chi connectivity index (χ3v) is 7.88. The molecule has 0 bridgehead atoms. The van der Waals surface area contributed by atoms with Gasteiger partial charge in [0, 0.05) is 11.8 Å². The van der Waals surface area contributed by atoms with Crippen molar-refractivity contribution in [3.05, 3.63) is 188 Å². The Morgan fingerprint density at radius 2 is 1.23 bits per heavy atom. The highest BCUT2D eigenvalue weighted by atomic mass is 14.7. The lowest BCUT2D eigenvalue weighted by Crippen LogP contribution is -1.97. The smallest absolute Gasteiger partial charge is 0.0632 e. The van der Waals surface area contributed by atoms with E-state index in [1.807, 2.05) is 25.2 Å². The first-order valence-corrected chi connectivity index (χ1v) is 14.8. The molecule has 44 heavy (non-hydrogen) atoms. The van der Waals surface area contributed by atoms with E-state index < -0.39 is 0 Å². The fourth-order valence-corrected chi connectivity index (χ4v) is 5.79.